The molecule has 1 heterocycles. The van der Waals surface area contributed by atoms with Crippen molar-refractivity contribution < 1.29 is 14.3 Å². The van der Waals surface area contributed by atoms with Crippen LogP contribution in [0.15, 0.2) is 54.6 Å². The summed E-state index contributed by atoms with van der Waals surface area (Å²) in [5, 5.41) is 2.74. The molecule has 1 fully saturated rings. The van der Waals surface area contributed by atoms with E-state index in [9.17, 15) is 9.59 Å². The fourth-order valence-corrected chi connectivity index (χ4v) is 1.95. The molecule has 0 saturated carbocycles. The SMILES string of the molecule is O=C(c1ccccc1)c1ccccc1NC(=O)C1CO1. The predicted molar refractivity (Wildman–Crippen MR) is 74.7 cm³/mol. The van der Waals surface area contributed by atoms with Gasteiger partial charge in [0.15, 0.2) is 11.9 Å². The molecule has 4 nitrogen and oxygen atoms in total. The number of nitrogens with one attached hydrogen (secondary N) is 1. The van der Waals surface area contributed by atoms with Crippen molar-refractivity contribution in [2.24, 2.45) is 0 Å². The highest BCUT2D eigenvalue weighted by molar-refractivity contribution is 6.14. The summed E-state index contributed by atoms with van der Waals surface area (Å²) in [6.45, 7) is 0.445. The highest BCUT2D eigenvalue weighted by Crippen LogP contribution is 2.21. The van der Waals surface area contributed by atoms with Crippen molar-refractivity contribution in [3.8, 4) is 0 Å². The van der Waals surface area contributed by atoms with E-state index in [2.05, 4.69) is 5.32 Å². The summed E-state index contributed by atoms with van der Waals surface area (Å²) < 4.78 is 4.93. The van der Waals surface area contributed by atoms with Crippen LogP contribution in [-0.2, 0) is 9.53 Å². The monoisotopic (exact) mass is 267 g/mol. The maximum atomic E-state index is 12.5. The summed E-state index contributed by atoms with van der Waals surface area (Å²) in [5.74, 6) is -0.323. The van der Waals surface area contributed by atoms with Gasteiger partial charge in [0.1, 0.15) is 0 Å². The van der Waals surface area contributed by atoms with Gasteiger partial charge in [-0.3, -0.25) is 9.59 Å². The van der Waals surface area contributed by atoms with Crippen molar-refractivity contribution in [2.45, 2.75) is 6.10 Å². The van der Waals surface area contributed by atoms with Crippen LogP contribution >= 0.6 is 0 Å². The first kappa shape index (κ1) is 12.6. The highest BCUT2D eigenvalue weighted by Gasteiger charge is 2.31. The number of para-hydroxylation sites is 1. The normalized spacial score (nSPS) is 16.5. The number of carbonyl (C=O) groups is 2. The number of anilines is 1. The number of ketones is 1. The van der Waals surface area contributed by atoms with E-state index in [4.69, 9.17) is 4.74 Å². The van der Waals surface area contributed by atoms with Gasteiger partial charge in [-0.1, -0.05) is 42.5 Å². The topological polar surface area (TPSA) is 58.7 Å². The minimum absolute atomic E-state index is 0.113. The van der Waals surface area contributed by atoms with Gasteiger partial charge < -0.3 is 10.1 Å². The fourth-order valence-electron chi connectivity index (χ4n) is 1.95. The molecular formula is C16H13NO3. The second-order valence-corrected chi connectivity index (χ2v) is 4.55. The molecule has 100 valence electrons. The Bertz CT molecular complexity index is 648. The van der Waals surface area contributed by atoms with Gasteiger partial charge >= 0.3 is 0 Å². The van der Waals surface area contributed by atoms with Gasteiger partial charge in [0.25, 0.3) is 5.91 Å². The summed E-state index contributed by atoms with van der Waals surface area (Å²) in [7, 11) is 0. The Morgan fingerprint density at radius 2 is 1.65 bits per heavy atom. The van der Waals surface area contributed by atoms with Gasteiger partial charge in [-0.2, -0.15) is 0 Å². The van der Waals surface area contributed by atoms with Crippen molar-refractivity contribution in [3.63, 3.8) is 0 Å². The maximum absolute atomic E-state index is 12.5. The molecule has 4 heteroatoms. The summed E-state index contributed by atoms with van der Waals surface area (Å²) in [4.78, 5) is 24.2. The van der Waals surface area contributed by atoms with E-state index < -0.39 is 0 Å². The summed E-state index contributed by atoms with van der Waals surface area (Å²) in [5.41, 5.74) is 1.59. The maximum Gasteiger partial charge on any atom is 0.255 e. The lowest BCUT2D eigenvalue weighted by molar-refractivity contribution is -0.117. The molecule has 0 radical (unpaired) electrons. The molecule has 2 aromatic rings. The minimum atomic E-state index is -0.380. The molecule has 0 aliphatic carbocycles. The van der Waals surface area contributed by atoms with Crippen molar-refractivity contribution in [2.75, 3.05) is 11.9 Å². The third kappa shape index (κ3) is 2.60. The van der Waals surface area contributed by atoms with Crippen LogP contribution in [0.4, 0.5) is 5.69 Å². The zero-order chi connectivity index (χ0) is 13.9. The zero-order valence-electron chi connectivity index (χ0n) is 10.7. The fraction of sp³-hybridized carbons (Fsp3) is 0.125. The van der Waals surface area contributed by atoms with Crippen LogP contribution in [-0.4, -0.2) is 24.4 Å². The number of carbonyl (C=O) groups excluding carboxylic acids is 2. The molecule has 3 rings (SSSR count). The van der Waals surface area contributed by atoms with Crippen molar-refractivity contribution >= 4 is 17.4 Å². The molecule has 2 aromatic carbocycles. The summed E-state index contributed by atoms with van der Waals surface area (Å²) >= 11 is 0. The third-order valence-electron chi connectivity index (χ3n) is 3.09. The second kappa shape index (κ2) is 5.27. The van der Waals surface area contributed by atoms with Crippen LogP contribution in [0, 0.1) is 0 Å². The van der Waals surface area contributed by atoms with Crippen molar-refractivity contribution in [1.29, 1.82) is 0 Å². The smallest absolute Gasteiger partial charge is 0.255 e. The van der Waals surface area contributed by atoms with Crippen LogP contribution in [0.25, 0.3) is 0 Å². The predicted octanol–water partition coefficient (Wildman–Crippen LogP) is 2.25. The first-order valence-electron chi connectivity index (χ1n) is 6.37. The number of amides is 1. The van der Waals surface area contributed by atoms with Gasteiger partial charge in [-0.05, 0) is 12.1 Å². The van der Waals surface area contributed by atoms with Gasteiger partial charge in [-0.25, -0.2) is 0 Å². The molecule has 1 saturated heterocycles. The lowest BCUT2D eigenvalue weighted by atomic mass is 10.0. The van der Waals surface area contributed by atoms with E-state index in [0.717, 1.165) is 0 Å². The van der Waals surface area contributed by atoms with E-state index in [1.807, 2.05) is 18.2 Å². The Hall–Kier alpha value is -2.46. The molecule has 20 heavy (non-hydrogen) atoms. The Labute approximate surface area is 116 Å². The van der Waals surface area contributed by atoms with Gasteiger partial charge in [-0.15, -0.1) is 0 Å². The molecule has 1 atom stereocenters. The minimum Gasteiger partial charge on any atom is -0.363 e. The number of rotatable bonds is 4. The van der Waals surface area contributed by atoms with E-state index in [1.54, 1.807) is 36.4 Å². The zero-order valence-corrected chi connectivity index (χ0v) is 10.7. The van der Waals surface area contributed by atoms with Gasteiger partial charge in [0.2, 0.25) is 0 Å². The summed E-state index contributed by atoms with van der Waals surface area (Å²) in [6.07, 6.45) is -0.380. The van der Waals surface area contributed by atoms with Crippen molar-refractivity contribution in [3.05, 3.63) is 65.7 Å². The molecule has 0 bridgehead atoms. The van der Waals surface area contributed by atoms with E-state index >= 15 is 0 Å². The molecule has 1 N–H and O–H groups in total. The number of ether oxygens (including phenoxy) is 1. The molecular weight excluding hydrogens is 254 g/mol. The van der Waals surface area contributed by atoms with Crippen LogP contribution in [0.2, 0.25) is 0 Å². The first-order chi connectivity index (χ1) is 9.75. The van der Waals surface area contributed by atoms with Gasteiger partial charge in [0.05, 0.1) is 12.3 Å². The molecule has 1 aliphatic heterocycles. The third-order valence-corrected chi connectivity index (χ3v) is 3.09. The average molecular weight is 267 g/mol. The Kier molecular flexibility index (Phi) is 3.31. The van der Waals surface area contributed by atoms with Crippen LogP contribution < -0.4 is 5.32 Å². The second-order valence-electron chi connectivity index (χ2n) is 4.55. The number of hydrogen-bond acceptors (Lipinski definition) is 3. The highest BCUT2D eigenvalue weighted by atomic mass is 16.6. The van der Waals surface area contributed by atoms with E-state index in [1.165, 1.54) is 0 Å². The van der Waals surface area contributed by atoms with Crippen LogP contribution in [0.5, 0.6) is 0 Å². The molecule has 1 unspecified atom stereocenters. The Balaban J connectivity index is 1.89. The largest absolute Gasteiger partial charge is 0.363 e. The number of benzene rings is 2. The summed E-state index contributed by atoms with van der Waals surface area (Å²) in [6, 6.07) is 16.0. The van der Waals surface area contributed by atoms with E-state index in [0.29, 0.717) is 23.4 Å². The molecule has 1 amide bonds. The van der Waals surface area contributed by atoms with Crippen molar-refractivity contribution in [1.82, 2.24) is 0 Å². The lowest BCUT2D eigenvalue weighted by Gasteiger charge is -2.09. The van der Waals surface area contributed by atoms with Crippen LogP contribution in [0.1, 0.15) is 15.9 Å². The number of hydrogen-bond donors (Lipinski definition) is 1. The van der Waals surface area contributed by atoms with Crippen LogP contribution in [0.3, 0.4) is 0 Å². The first-order valence-corrected chi connectivity index (χ1v) is 6.37. The van der Waals surface area contributed by atoms with E-state index in [-0.39, 0.29) is 17.8 Å². The lowest BCUT2D eigenvalue weighted by Crippen LogP contribution is -2.19. The molecule has 1 aliphatic rings. The molecule has 0 aromatic heterocycles. The quantitative estimate of drug-likeness (QED) is 0.682. The Morgan fingerprint density at radius 1 is 1.00 bits per heavy atom. The average Bonchev–Trinajstić information content (AvgIpc) is 3.33. The number of epoxide rings is 1. The standard InChI is InChI=1S/C16H13NO3/c18-15(11-6-2-1-3-7-11)12-8-4-5-9-13(12)17-16(19)14-10-20-14/h1-9,14H,10H2,(H,17,19). The molecule has 0 spiro atoms. The van der Waals surface area contributed by atoms with Gasteiger partial charge in [0, 0.05) is 11.1 Å². The Morgan fingerprint density at radius 3 is 2.35 bits per heavy atom.